The predicted octanol–water partition coefficient (Wildman–Crippen LogP) is 4.81. The molecule has 0 saturated heterocycles. The number of fused-ring (bicyclic) bond motifs is 1. The van der Waals surface area contributed by atoms with E-state index in [9.17, 15) is 9.90 Å². The van der Waals surface area contributed by atoms with Crippen LogP contribution in [0.5, 0.6) is 0 Å². The molecule has 0 radical (unpaired) electrons. The van der Waals surface area contributed by atoms with Crippen LogP contribution in [0.2, 0.25) is 0 Å². The predicted molar refractivity (Wildman–Crippen MR) is 87.3 cm³/mol. The van der Waals surface area contributed by atoms with Crippen molar-refractivity contribution in [3.63, 3.8) is 0 Å². The zero-order valence-electron chi connectivity index (χ0n) is 13.6. The highest BCUT2D eigenvalue weighted by Crippen LogP contribution is 2.34. The number of nitrogens with one attached hydrogen (secondary N) is 1. The summed E-state index contributed by atoms with van der Waals surface area (Å²) < 4.78 is 0. The Balaban J connectivity index is 2.76. The summed E-state index contributed by atoms with van der Waals surface area (Å²) in [5.41, 5.74) is 4.87. The molecule has 0 atom stereocenters. The first kappa shape index (κ1) is 15.6. The Morgan fingerprint density at radius 3 is 2.48 bits per heavy atom. The van der Waals surface area contributed by atoms with Crippen molar-refractivity contribution in [3.8, 4) is 0 Å². The number of unbranched alkanes of at least 4 members (excludes halogenated alkanes) is 1. The van der Waals surface area contributed by atoms with Gasteiger partial charge in [0, 0.05) is 16.6 Å². The summed E-state index contributed by atoms with van der Waals surface area (Å²) in [5.74, 6) is -0.859. The fourth-order valence-corrected chi connectivity index (χ4v) is 2.87. The number of hydrogen-bond acceptors (Lipinski definition) is 1. The number of H-pyrrole nitrogens is 1. The molecule has 0 spiro atoms. The third-order valence-corrected chi connectivity index (χ3v) is 4.06. The van der Waals surface area contributed by atoms with Gasteiger partial charge < -0.3 is 10.1 Å². The van der Waals surface area contributed by atoms with Gasteiger partial charge in [-0.15, -0.1) is 0 Å². The van der Waals surface area contributed by atoms with Crippen LogP contribution in [0.15, 0.2) is 12.1 Å². The zero-order chi connectivity index (χ0) is 15.8. The fourth-order valence-electron chi connectivity index (χ4n) is 2.87. The number of carbonyl (C=O) groups is 1. The molecule has 114 valence electrons. The second kappa shape index (κ2) is 5.55. The van der Waals surface area contributed by atoms with E-state index < -0.39 is 5.97 Å². The summed E-state index contributed by atoms with van der Waals surface area (Å²) in [7, 11) is 0. The van der Waals surface area contributed by atoms with Gasteiger partial charge in [0.25, 0.3) is 0 Å². The summed E-state index contributed by atoms with van der Waals surface area (Å²) in [6, 6.07) is 3.63. The Bertz CT molecular complexity index is 675. The van der Waals surface area contributed by atoms with Crippen molar-refractivity contribution < 1.29 is 9.90 Å². The number of aryl methyl sites for hydroxylation is 2. The van der Waals surface area contributed by atoms with Crippen LogP contribution in [0.1, 0.15) is 67.7 Å². The van der Waals surface area contributed by atoms with E-state index >= 15 is 0 Å². The highest BCUT2D eigenvalue weighted by Gasteiger charge is 2.22. The first-order chi connectivity index (χ1) is 9.75. The van der Waals surface area contributed by atoms with Crippen molar-refractivity contribution in [2.75, 3.05) is 0 Å². The molecular weight excluding hydrogens is 262 g/mol. The minimum absolute atomic E-state index is 0.0942. The second-order valence-electron chi connectivity index (χ2n) is 6.83. The Kier molecular flexibility index (Phi) is 4.13. The van der Waals surface area contributed by atoms with Gasteiger partial charge in [-0.2, -0.15) is 0 Å². The number of carboxylic acid groups (broad SMARTS) is 1. The number of aromatic carboxylic acids is 1. The molecule has 1 aromatic carbocycles. The van der Waals surface area contributed by atoms with E-state index in [1.807, 2.05) is 12.1 Å². The molecule has 3 nitrogen and oxygen atoms in total. The highest BCUT2D eigenvalue weighted by molar-refractivity contribution is 5.97. The lowest BCUT2D eigenvalue weighted by atomic mass is 9.84. The Labute approximate surface area is 126 Å². The van der Waals surface area contributed by atoms with E-state index in [4.69, 9.17) is 0 Å². The third kappa shape index (κ3) is 2.97. The standard InChI is InChI=1S/C18H25NO2/c1-6-7-8-13-11(2)19-16-14(13)9-12(17(20)21)10-15(16)18(3,4)5/h9-10,19H,6-8H2,1-5H3,(H,20,21). The van der Waals surface area contributed by atoms with E-state index in [2.05, 4.69) is 39.6 Å². The van der Waals surface area contributed by atoms with Crippen LogP contribution in [0.4, 0.5) is 0 Å². The molecule has 0 aliphatic rings. The van der Waals surface area contributed by atoms with E-state index in [0.29, 0.717) is 5.56 Å². The molecule has 21 heavy (non-hydrogen) atoms. The number of aromatic nitrogens is 1. The van der Waals surface area contributed by atoms with Gasteiger partial charge in [0.2, 0.25) is 0 Å². The summed E-state index contributed by atoms with van der Waals surface area (Å²) in [6.07, 6.45) is 3.25. The molecule has 0 aliphatic carbocycles. The Hall–Kier alpha value is -1.77. The minimum atomic E-state index is -0.859. The van der Waals surface area contributed by atoms with Crippen LogP contribution in [0.25, 0.3) is 10.9 Å². The smallest absolute Gasteiger partial charge is 0.335 e. The van der Waals surface area contributed by atoms with Crippen LogP contribution in [-0.4, -0.2) is 16.1 Å². The molecule has 0 fully saturated rings. The van der Waals surface area contributed by atoms with Crippen molar-refractivity contribution >= 4 is 16.9 Å². The maximum absolute atomic E-state index is 11.4. The monoisotopic (exact) mass is 287 g/mol. The van der Waals surface area contributed by atoms with E-state index in [-0.39, 0.29) is 5.41 Å². The molecular formula is C18H25NO2. The number of carboxylic acids is 1. The molecule has 1 aromatic heterocycles. The highest BCUT2D eigenvalue weighted by atomic mass is 16.4. The van der Waals surface area contributed by atoms with Crippen LogP contribution in [0.3, 0.4) is 0 Å². The number of rotatable bonds is 4. The Morgan fingerprint density at radius 1 is 1.29 bits per heavy atom. The van der Waals surface area contributed by atoms with Gasteiger partial charge in [0.1, 0.15) is 0 Å². The molecule has 1 heterocycles. The van der Waals surface area contributed by atoms with Crippen molar-refractivity contribution in [1.82, 2.24) is 4.98 Å². The largest absolute Gasteiger partial charge is 0.478 e. The minimum Gasteiger partial charge on any atom is -0.478 e. The lowest BCUT2D eigenvalue weighted by Crippen LogP contribution is -2.13. The number of hydrogen-bond donors (Lipinski definition) is 2. The van der Waals surface area contributed by atoms with Gasteiger partial charge in [-0.25, -0.2) is 4.79 Å². The van der Waals surface area contributed by atoms with Crippen LogP contribution in [-0.2, 0) is 11.8 Å². The summed E-state index contributed by atoms with van der Waals surface area (Å²) in [4.78, 5) is 14.9. The molecule has 2 rings (SSSR count). The molecule has 3 heteroatoms. The lowest BCUT2D eigenvalue weighted by molar-refractivity contribution is 0.0697. The molecule has 0 bridgehead atoms. The van der Waals surface area contributed by atoms with Gasteiger partial charge in [0.05, 0.1) is 5.56 Å². The van der Waals surface area contributed by atoms with Crippen molar-refractivity contribution in [2.24, 2.45) is 0 Å². The Morgan fingerprint density at radius 2 is 1.95 bits per heavy atom. The SMILES string of the molecule is CCCCc1c(C)[nH]c2c(C(C)(C)C)cc(C(=O)O)cc12. The van der Waals surface area contributed by atoms with Crippen molar-refractivity contribution in [1.29, 1.82) is 0 Å². The average Bonchev–Trinajstić information content (AvgIpc) is 2.69. The second-order valence-corrected chi connectivity index (χ2v) is 6.83. The molecule has 0 amide bonds. The maximum atomic E-state index is 11.4. The van der Waals surface area contributed by atoms with Crippen molar-refractivity contribution in [2.45, 2.75) is 59.3 Å². The van der Waals surface area contributed by atoms with Gasteiger partial charge in [-0.3, -0.25) is 0 Å². The summed E-state index contributed by atoms with van der Waals surface area (Å²) in [5, 5.41) is 10.5. The zero-order valence-corrected chi connectivity index (χ0v) is 13.6. The van der Waals surface area contributed by atoms with Crippen LogP contribution >= 0.6 is 0 Å². The lowest BCUT2D eigenvalue weighted by Gasteiger charge is -2.20. The average molecular weight is 287 g/mol. The first-order valence-corrected chi connectivity index (χ1v) is 7.64. The fraction of sp³-hybridized carbons (Fsp3) is 0.500. The quantitative estimate of drug-likeness (QED) is 0.847. The van der Waals surface area contributed by atoms with Crippen molar-refractivity contribution in [3.05, 3.63) is 34.5 Å². The summed E-state index contributed by atoms with van der Waals surface area (Å²) >= 11 is 0. The van der Waals surface area contributed by atoms with E-state index in [1.165, 1.54) is 5.56 Å². The summed E-state index contributed by atoms with van der Waals surface area (Å²) in [6.45, 7) is 10.6. The molecule has 0 aliphatic heterocycles. The molecule has 0 saturated carbocycles. The molecule has 2 N–H and O–H groups in total. The molecule has 0 unspecified atom stereocenters. The van der Waals surface area contributed by atoms with Gasteiger partial charge >= 0.3 is 5.97 Å². The molecule has 2 aromatic rings. The number of aromatic amines is 1. The van der Waals surface area contributed by atoms with Crippen LogP contribution < -0.4 is 0 Å². The van der Waals surface area contributed by atoms with Crippen LogP contribution in [0, 0.1) is 6.92 Å². The van der Waals surface area contributed by atoms with Gasteiger partial charge in [0.15, 0.2) is 0 Å². The normalized spacial score (nSPS) is 12.0. The van der Waals surface area contributed by atoms with Gasteiger partial charge in [-0.05, 0) is 48.4 Å². The van der Waals surface area contributed by atoms with Gasteiger partial charge in [-0.1, -0.05) is 34.1 Å². The maximum Gasteiger partial charge on any atom is 0.335 e. The topological polar surface area (TPSA) is 53.1 Å². The van der Waals surface area contributed by atoms with E-state index in [0.717, 1.165) is 41.4 Å². The number of benzene rings is 1. The first-order valence-electron chi connectivity index (χ1n) is 7.64. The van der Waals surface area contributed by atoms with E-state index in [1.54, 1.807) is 0 Å². The third-order valence-electron chi connectivity index (χ3n) is 4.06.